The molecule has 0 aliphatic carbocycles. The zero-order valence-corrected chi connectivity index (χ0v) is 9.14. The lowest BCUT2D eigenvalue weighted by atomic mass is 10.3. The number of carbonyl (C=O) groups excluding carboxylic acids is 1. The van der Waals surface area contributed by atoms with Crippen LogP contribution in [0.25, 0.3) is 0 Å². The monoisotopic (exact) mass is 157 g/mol. The van der Waals surface area contributed by atoms with Gasteiger partial charge in [-0.1, -0.05) is 0 Å². The summed E-state index contributed by atoms with van der Waals surface area (Å²) in [4.78, 5) is 12.7. The molecule has 58 valence electrons. The van der Waals surface area contributed by atoms with Gasteiger partial charge in [0.25, 0.3) is 0 Å². The molecule has 3 heteroatoms. The zero-order chi connectivity index (χ0) is 8.15. The zero-order valence-electron chi connectivity index (χ0n) is 7.14. The molecule has 0 aromatic carbocycles. The maximum Gasteiger partial charge on any atom is 0.154 e. The van der Waals surface area contributed by atoms with E-state index < -0.39 is 0 Å². The molecule has 0 spiro atoms. The second-order valence-corrected chi connectivity index (χ2v) is 3.04. The Balaban J connectivity index is 4.04. The molecule has 0 amide bonds. The van der Waals surface area contributed by atoms with E-state index in [2.05, 4.69) is 4.90 Å². The molecular formula is C7H15NOSi. The van der Waals surface area contributed by atoms with E-state index in [1.807, 2.05) is 14.0 Å². The van der Waals surface area contributed by atoms with Crippen LogP contribution in [0.5, 0.6) is 0 Å². The summed E-state index contributed by atoms with van der Waals surface area (Å²) in [6.07, 6.45) is 2.74. The number of rotatable bonds is 3. The maximum absolute atomic E-state index is 10.6. The average molecular weight is 157 g/mol. The van der Waals surface area contributed by atoms with Gasteiger partial charge in [-0.05, 0) is 19.9 Å². The lowest BCUT2D eigenvalue weighted by molar-refractivity contribution is -0.112. The van der Waals surface area contributed by atoms with E-state index in [-0.39, 0.29) is 5.78 Å². The third-order valence-corrected chi connectivity index (χ3v) is 2.44. The van der Waals surface area contributed by atoms with E-state index >= 15 is 0 Å². The van der Waals surface area contributed by atoms with Crippen molar-refractivity contribution < 1.29 is 4.79 Å². The molecule has 0 aliphatic rings. The predicted octanol–water partition coefficient (Wildman–Crippen LogP) is -0.266. The van der Waals surface area contributed by atoms with Gasteiger partial charge in [-0.25, -0.2) is 0 Å². The Kier molecular flexibility index (Phi) is 4.03. The molecular weight excluding hydrogens is 142 g/mol. The third kappa shape index (κ3) is 3.45. The van der Waals surface area contributed by atoms with Crippen LogP contribution in [0.15, 0.2) is 11.8 Å². The standard InChI is InChI=1S/C7H15NOSi/c1-6(4-7(2)9)8(3)5-10/h4H,5H2,1-3,10H3/b6-4-. The average Bonchev–Trinajstić information content (AvgIpc) is 1.85. The molecule has 0 saturated heterocycles. The smallest absolute Gasteiger partial charge is 0.154 e. The molecule has 0 aliphatic heterocycles. The molecule has 0 rings (SSSR count). The lowest BCUT2D eigenvalue weighted by Gasteiger charge is -2.16. The van der Waals surface area contributed by atoms with Crippen molar-refractivity contribution in [1.82, 2.24) is 4.90 Å². The molecule has 10 heavy (non-hydrogen) atoms. The topological polar surface area (TPSA) is 20.3 Å². The Bertz CT molecular complexity index is 154. The van der Waals surface area contributed by atoms with Crippen LogP contribution in [-0.2, 0) is 4.79 Å². The molecule has 0 radical (unpaired) electrons. The first-order valence-electron chi connectivity index (χ1n) is 3.48. The van der Waals surface area contributed by atoms with E-state index in [9.17, 15) is 4.79 Å². The van der Waals surface area contributed by atoms with Gasteiger partial charge in [0.15, 0.2) is 5.78 Å². The number of nitrogens with zero attached hydrogens (tertiary/aromatic N) is 1. The SMILES string of the molecule is CC(=O)/C=C(/C)N(C)C[SiH3]. The predicted molar refractivity (Wildman–Crippen MR) is 47.0 cm³/mol. The van der Waals surface area contributed by atoms with Gasteiger partial charge in [0.05, 0.1) is 0 Å². The van der Waals surface area contributed by atoms with Gasteiger partial charge in [0.1, 0.15) is 0 Å². The Morgan fingerprint density at radius 1 is 1.60 bits per heavy atom. The van der Waals surface area contributed by atoms with Crippen LogP contribution in [0.2, 0.25) is 0 Å². The normalized spacial score (nSPS) is 11.7. The van der Waals surface area contributed by atoms with Crippen molar-refractivity contribution in [3.63, 3.8) is 0 Å². The highest BCUT2D eigenvalue weighted by molar-refractivity contribution is 6.08. The highest BCUT2D eigenvalue weighted by Gasteiger charge is 1.95. The van der Waals surface area contributed by atoms with Gasteiger partial charge in [-0.15, -0.1) is 0 Å². The molecule has 0 N–H and O–H groups in total. The van der Waals surface area contributed by atoms with Crippen LogP contribution in [0.4, 0.5) is 0 Å². The summed E-state index contributed by atoms with van der Waals surface area (Å²) in [7, 11) is 3.15. The first-order chi connectivity index (χ1) is 4.57. The van der Waals surface area contributed by atoms with Crippen molar-refractivity contribution >= 4 is 16.0 Å². The Morgan fingerprint density at radius 2 is 2.10 bits per heavy atom. The van der Waals surface area contributed by atoms with Crippen LogP contribution >= 0.6 is 0 Å². The Labute approximate surface area is 65.3 Å². The summed E-state index contributed by atoms with van der Waals surface area (Å²) in [5.41, 5.74) is 1.06. The van der Waals surface area contributed by atoms with Crippen molar-refractivity contribution in [2.24, 2.45) is 0 Å². The Hall–Kier alpha value is -0.573. The molecule has 0 saturated carbocycles. The van der Waals surface area contributed by atoms with Gasteiger partial charge >= 0.3 is 0 Å². The van der Waals surface area contributed by atoms with Crippen LogP contribution in [0.3, 0.4) is 0 Å². The second kappa shape index (κ2) is 4.28. The van der Waals surface area contributed by atoms with Crippen molar-refractivity contribution in [2.45, 2.75) is 13.8 Å². The summed E-state index contributed by atoms with van der Waals surface area (Å²) in [5, 5.41) is 0. The number of carbonyl (C=O) groups is 1. The van der Waals surface area contributed by atoms with Crippen LogP contribution in [0.1, 0.15) is 13.8 Å². The van der Waals surface area contributed by atoms with Crippen LogP contribution in [0, 0.1) is 0 Å². The van der Waals surface area contributed by atoms with E-state index in [0.29, 0.717) is 0 Å². The number of hydrogen-bond donors (Lipinski definition) is 0. The number of allylic oxidation sites excluding steroid dienone is 2. The summed E-state index contributed by atoms with van der Waals surface area (Å²) in [6.45, 7) is 3.53. The summed E-state index contributed by atoms with van der Waals surface area (Å²) < 4.78 is 0. The number of hydrogen-bond acceptors (Lipinski definition) is 2. The lowest BCUT2D eigenvalue weighted by Crippen LogP contribution is -2.17. The van der Waals surface area contributed by atoms with E-state index in [1.54, 1.807) is 13.0 Å². The fourth-order valence-corrected chi connectivity index (χ4v) is 1.15. The fourth-order valence-electron chi connectivity index (χ4n) is 0.654. The van der Waals surface area contributed by atoms with Crippen molar-refractivity contribution in [1.29, 1.82) is 0 Å². The van der Waals surface area contributed by atoms with Gasteiger partial charge in [0, 0.05) is 29.2 Å². The summed E-state index contributed by atoms with van der Waals surface area (Å²) >= 11 is 0. The molecule has 0 fully saturated rings. The molecule has 0 aromatic heterocycles. The summed E-state index contributed by atoms with van der Waals surface area (Å²) in [6, 6.07) is 0. The van der Waals surface area contributed by atoms with E-state index in [0.717, 1.165) is 22.1 Å². The Morgan fingerprint density at radius 3 is 2.40 bits per heavy atom. The first-order valence-corrected chi connectivity index (χ1v) is 4.89. The van der Waals surface area contributed by atoms with Crippen LogP contribution < -0.4 is 0 Å². The fraction of sp³-hybridized carbons (Fsp3) is 0.571. The quantitative estimate of drug-likeness (QED) is 0.415. The van der Waals surface area contributed by atoms with E-state index in [4.69, 9.17) is 0 Å². The van der Waals surface area contributed by atoms with Crippen molar-refractivity contribution in [3.05, 3.63) is 11.8 Å². The first kappa shape index (κ1) is 9.43. The molecule has 2 nitrogen and oxygen atoms in total. The van der Waals surface area contributed by atoms with Gasteiger partial charge in [-0.3, -0.25) is 4.79 Å². The minimum atomic E-state index is 0.125. The molecule has 0 aromatic rings. The number of ketones is 1. The van der Waals surface area contributed by atoms with Gasteiger partial charge in [0.2, 0.25) is 0 Å². The molecule has 0 bridgehead atoms. The molecule has 0 atom stereocenters. The minimum absolute atomic E-state index is 0.125. The largest absolute Gasteiger partial charge is 0.382 e. The van der Waals surface area contributed by atoms with Crippen molar-refractivity contribution in [2.75, 3.05) is 13.2 Å². The highest BCUT2D eigenvalue weighted by atomic mass is 28.1. The third-order valence-electron chi connectivity index (χ3n) is 1.49. The molecule has 0 heterocycles. The second-order valence-electron chi connectivity index (χ2n) is 2.41. The van der Waals surface area contributed by atoms with Crippen molar-refractivity contribution in [3.8, 4) is 0 Å². The minimum Gasteiger partial charge on any atom is -0.382 e. The van der Waals surface area contributed by atoms with Gasteiger partial charge < -0.3 is 4.90 Å². The highest BCUT2D eigenvalue weighted by Crippen LogP contribution is 1.96. The summed E-state index contributed by atoms with van der Waals surface area (Å²) in [5.74, 6) is 0.125. The van der Waals surface area contributed by atoms with E-state index in [1.165, 1.54) is 0 Å². The maximum atomic E-state index is 10.6. The van der Waals surface area contributed by atoms with Crippen LogP contribution in [-0.4, -0.2) is 34.1 Å². The van der Waals surface area contributed by atoms with Gasteiger partial charge in [-0.2, -0.15) is 0 Å². The molecule has 0 unspecified atom stereocenters.